The van der Waals surface area contributed by atoms with Crippen molar-refractivity contribution >= 4 is 11.9 Å². The van der Waals surface area contributed by atoms with Crippen LogP contribution in [-0.4, -0.2) is 170 Å². The van der Waals surface area contributed by atoms with E-state index >= 15 is 0 Å². The molecule has 3 heterocycles. The first-order chi connectivity index (χ1) is 25.8. The van der Waals surface area contributed by atoms with E-state index in [1.54, 1.807) is 0 Å². The minimum absolute atomic E-state index is 0.0302. The van der Waals surface area contributed by atoms with Crippen LogP contribution in [0.2, 0.25) is 0 Å². The van der Waals surface area contributed by atoms with Gasteiger partial charge in [0.2, 0.25) is 5.91 Å². The molecule has 3 fully saturated rings. The van der Waals surface area contributed by atoms with Crippen LogP contribution < -0.4 is 5.32 Å². The van der Waals surface area contributed by atoms with Gasteiger partial charge in [-0.3, -0.25) is 4.79 Å². The first-order valence-corrected chi connectivity index (χ1v) is 17.6. The number of aliphatic hydroxyl groups is 8. The molecule has 0 radical (unpaired) electrons. The van der Waals surface area contributed by atoms with Crippen LogP contribution in [0.3, 0.4) is 0 Å². The van der Waals surface area contributed by atoms with Gasteiger partial charge in [-0.25, -0.2) is 4.79 Å². The van der Waals surface area contributed by atoms with Crippen LogP contribution in [0.25, 0.3) is 11.1 Å². The zero-order chi connectivity index (χ0) is 39.2. The highest BCUT2D eigenvalue weighted by Gasteiger charge is 2.59. The highest BCUT2D eigenvalue weighted by atomic mass is 16.8. The number of carboxylic acids is 1. The van der Waals surface area contributed by atoms with Crippen LogP contribution in [-0.2, 0) is 44.6 Å². The molecule has 0 aliphatic carbocycles. The summed E-state index contributed by atoms with van der Waals surface area (Å²) in [5.41, 5.74) is 3.00. The van der Waals surface area contributed by atoms with Gasteiger partial charge in [0.05, 0.1) is 44.7 Å². The number of ether oxygens (including phenoxy) is 6. The van der Waals surface area contributed by atoms with E-state index in [1.165, 1.54) is 0 Å². The fraction of sp³-hybridized carbons (Fsp3) is 0.611. The van der Waals surface area contributed by atoms with Crippen LogP contribution in [0.1, 0.15) is 25.3 Å². The highest BCUT2D eigenvalue weighted by molar-refractivity contribution is 5.76. The van der Waals surface area contributed by atoms with Gasteiger partial charge in [-0.1, -0.05) is 54.6 Å². The maximum Gasteiger partial charge on any atom is 0.364 e. The molecule has 0 saturated carbocycles. The van der Waals surface area contributed by atoms with Crippen molar-refractivity contribution in [2.24, 2.45) is 0 Å². The van der Waals surface area contributed by atoms with Crippen LogP contribution in [0.15, 0.2) is 54.6 Å². The number of amides is 1. The summed E-state index contributed by atoms with van der Waals surface area (Å²) < 4.78 is 34.5. The van der Waals surface area contributed by atoms with E-state index in [9.17, 15) is 55.5 Å². The van der Waals surface area contributed by atoms with Gasteiger partial charge in [-0.15, -0.1) is 0 Å². The Kier molecular flexibility index (Phi) is 14.5. The lowest BCUT2D eigenvalue weighted by Gasteiger charge is -2.50. The van der Waals surface area contributed by atoms with Gasteiger partial charge in [0.1, 0.15) is 54.9 Å². The molecule has 3 aliphatic heterocycles. The standard InChI is InChI=1S/C36H49NO17/c1-18(40)37-27-22(41)13-36(35(47)48,53-32(27)28(43)23(42)14-38)54-33-30(45)25(15-39)52-34(31(33)46)51-24-11-12-50-26(29(24)44)17-49-16-19-7-9-21(10-8-19)20-5-3-2-4-6-20/h2-10,22-34,38-39,41-46H,11-17H2,1H3,(H,37,40)(H,47,48)/t22-,23+,24+,25+,26+,27+,28-,29+,30-,31+,32+,33-,34+,36-/m0/s1. The maximum absolute atomic E-state index is 12.7. The molecule has 300 valence electrons. The Morgan fingerprint density at radius 2 is 1.63 bits per heavy atom. The van der Waals surface area contributed by atoms with E-state index in [2.05, 4.69) is 5.32 Å². The molecule has 0 unspecified atom stereocenters. The van der Waals surface area contributed by atoms with Gasteiger partial charge >= 0.3 is 5.97 Å². The summed E-state index contributed by atoms with van der Waals surface area (Å²) in [5.74, 6) is -5.54. The predicted molar refractivity (Wildman–Crippen MR) is 182 cm³/mol. The van der Waals surface area contributed by atoms with Crippen molar-refractivity contribution in [3.63, 3.8) is 0 Å². The molecule has 14 atom stereocenters. The number of aliphatic carboxylic acids is 1. The fourth-order valence-electron chi connectivity index (χ4n) is 6.80. The Bertz CT molecular complexity index is 1500. The van der Waals surface area contributed by atoms with Crippen molar-refractivity contribution in [2.45, 2.75) is 112 Å². The summed E-state index contributed by atoms with van der Waals surface area (Å²) in [5, 5.41) is 97.5. The van der Waals surface area contributed by atoms with Gasteiger partial charge < -0.3 is 79.7 Å². The molecule has 54 heavy (non-hydrogen) atoms. The molecule has 10 N–H and O–H groups in total. The van der Waals surface area contributed by atoms with Crippen LogP contribution in [0.4, 0.5) is 0 Å². The summed E-state index contributed by atoms with van der Waals surface area (Å²) in [7, 11) is 0. The van der Waals surface area contributed by atoms with Crippen molar-refractivity contribution in [1.82, 2.24) is 5.32 Å². The Labute approximate surface area is 310 Å². The topological polar surface area (TPSA) is 284 Å². The van der Waals surface area contributed by atoms with Crippen molar-refractivity contribution in [3.05, 3.63) is 60.2 Å². The van der Waals surface area contributed by atoms with Crippen molar-refractivity contribution < 1.29 is 84.0 Å². The number of hydrogen-bond acceptors (Lipinski definition) is 16. The summed E-state index contributed by atoms with van der Waals surface area (Å²) in [4.78, 5) is 24.6. The smallest absolute Gasteiger partial charge is 0.364 e. The van der Waals surface area contributed by atoms with Gasteiger partial charge in [0.25, 0.3) is 5.79 Å². The fourth-order valence-corrected chi connectivity index (χ4v) is 6.80. The monoisotopic (exact) mass is 767 g/mol. The van der Waals surface area contributed by atoms with E-state index in [-0.39, 0.29) is 26.2 Å². The molecule has 3 saturated heterocycles. The zero-order valence-electron chi connectivity index (χ0n) is 29.4. The third-order valence-corrected chi connectivity index (χ3v) is 9.75. The number of aliphatic hydroxyl groups excluding tert-OH is 8. The number of carbonyl (C=O) groups is 2. The van der Waals surface area contributed by atoms with Gasteiger partial charge in [0.15, 0.2) is 6.29 Å². The summed E-state index contributed by atoms with van der Waals surface area (Å²) in [6.07, 6.45) is -20.8. The molecule has 0 aromatic heterocycles. The molecule has 0 spiro atoms. The second-order valence-corrected chi connectivity index (χ2v) is 13.6. The van der Waals surface area contributed by atoms with Gasteiger partial charge in [-0.2, -0.15) is 0 Å². The van der Waals surface area contributed by atoms with E-state index in [0.29, 0.717) is 0 Å². The Balaban J connectivity index is 1.26. The largest absolute Gasteiger partial charge is 0.477 e. The Morgan fingerprint density at radius 3 is 2.26 bits per heavy atom. The third-order valence-electron chi connectivity index (χ3n) is 9.75. The minimum Gasteiger partial charge on any atom is -0.477 e. The second kappa shape index (κ2) is 18.6. The number of benzene rings is 2. The molecule has 3 aliphatic rings. The van der Waals surface area contributed by atoms with E-state index in [0.717, 1.165) is 23.6 Å². The number of rotatable bonds is 15. The lowest BCUT2D eigenvalue weighted by molar-refractivity contribution is -0.376. The Hall–Kier alpha value is -3.18. The first-order valence-electron chi connectivity index (χ1n) is 17.6. The van der Waals surface area contributed by atoms with Crippen LogP contribution >= 0.6 is 0 Å². The van der Waals surface area contributed by atoms with E-state index in [4.69, 9.17) is 28.4 Å². The van der Waals surface area contributed by atoms with Gasteiger partial charge in [0, 0.05) is 20.0 Å². The van der Waals surface area contributed by atoms with Crippen molar-refractivity contribution in [2.75, 3.05) is 26.4 Å². The average Bonchev–Trinajstić information content (AvgIpc) is 3.16. The molecule has 0 bridgehead atoms. The quantitative estimate of drug-likeness (QED) is 0.0888. The summed E-state index contributed by atoms with van der Waals surface area (Å²) in [6.45, 7) is -0.481. The molecule has 2 aromatic rings. The molecule has 1 amide bonds. The third kappa shape index (κ3) is 9.60. The molecular formula is C36H49NO17. The molecule has 18 nitrogen and oxygen atoms in total. The SMILES string of the molecule is CC(=O)N[C@H]1[C@H]([C@@H](O)[C@H](O)CO)O[C@@](O[C@H]2[C@@H](O)[C@@H](CO)O[C@@H](O[C@@H]3CCO[C@H](COCc4ccc(-c5ccccc5)cc4)[C@@H]3O)[C@@H]2O)(C(=O)O)C[C@@H]1O. The van der Waals surface area contributed by atoms with Crippen molar-refractivity contribution in [1.29, 1.82) is 0 Å². The molecule has 18 heteroatoms. The minimum atomic E-state index is -2.94. The summed E-state index contributed by atoms with van der Waals surface area (Å²) in [6, 6.07) is 16.2. The lowest BCUT2D eigenvalue weighted by atomic mass is 9.88. The average molecular weight is 768 g/mol. The number of carboxylic acid groups (broad SMARTS) is 1. The number of hydrogen-bond donors (Lipinski definition) is 10. The molecular weight excluding hydrogens is 718 g/mol. The second-order valence-electron chi connectivity index (χ2n) is 13.6. The van der Waals surface area contributed by atoms with Crippen LogP contribution in [0.5, 0.6) is 0 Å². The zero-order valence-corrected chi connectivity index (χ0v) is 29.4. The highest BCUT2D eigenvalue weighted by Crippen LogP contribution is 2.38. The van der Waals surface area contributed by atoms with Crippen molar-refractivity contribution in [3.8, 4) is 11.1 Å². The van der Waals surface area contributed by atoms with E-state index in [1.807, 2.05) is 54.6 Å². The lowest BCUT2D eigenvalue weighted by Crippen LogP contribution is -2.70. The molecule has 5 rings (SSSR count). The number of carbonyl (C=O) groups excluding carboxylic acids is 1. The van der Waals surface area contributed by atoms with Crippen LogP contribution in [0, 0.1) is 0 Å². The number of nitrogens with one attached hydrogen (secondary N) is 1. The summed E-state index contributed by atoms with van der Waals surface area (Å²) >= 11 is 0. The Morgan fingerprint density at radius 1 is 0.944 bits per heavy atom. The molecule has 2 aromatic carbocycles. The normalized spacial score (nSPS) is 35.5. The first kappa shape index (κ1) is 42.0. The maximum atomic E-state index is 12.7. The predicted octanol–water partition coefficient (Wildman–Crippen LogP) is -2.62. The van der Waals surface area contributed by atoms with Gasteiger partial charge in [-0.05, 0) is 23.1 Å². The van der Waals surface area contributed by atoms with E-state index < -0.39 is 117 Å².